The summed E-state index contributed by atoms with van der Waals surface area (Å²) in [5, 5.41) is 3.14. The van der Waals surface area contributed by atoms with Crippen LogP contribution in [0.2, 0.25) is 0 Å². The normalized spacial score (nSPS) is 15.3. The van der Waals surface area contributed by atoms with E-state index < -0.39 is 0 Å². The molecule has 150 valence electrons. The predicted molar refractivity (Wildman–Crippen MR) is 108 cm³/mol. The molecule has 0 spiro atoms. The van der Waals surface area contributed by atoms with Gasteiger partial charge in [0.2, 0.25) is 6.79 Å². The van der Waals surface area contributed by atoms with E-state index in [1.54, 1.807) is 49.6 Å². The fourth-order valence-corrected chi connectivity index (χ4v) is 3.36. The van der Waals surface area contributed by atoms with E-state index in [0.29, 0.717) is 40.6 Å². The van der Waals surface area contributed by atoms with Gasteiger partial charge in [-0.1, -0.05) is 25.5 Å². The van der Waals surface area contributed by atoms with Gasteiger partial charge >= 0.3 is 0 Å². The lowest BCUT2D eigenvalue weighted by Gasteiger charge is -2.14. The lowest BCUT2D eigenvalue weighted by atomic mass is 10.0. The molecule has 0 aliphatic carbocycles. The summed E-state index contributed by atoms with van der Waals surface area (Å²) in [5.74, 6) is 1.31. The van der Waals surface area contributed by atoms with Crippen molar-refractivity contribution in [1.29, 1.82) is 0 Å². The van der Waals surface area contributed by atoms with Gasteiger partial charge in [-0.25, -0.2) is 0 Å². The Morgan fingerprint density at radius 2 is 1.79 bits per heavy atom. The highest BCUT2D eigenvalue weighted by atomic mass is 16.7. The van der Waals surface area contributed by atoms with Crippen LogP contribution in [0.4, 0.5) is 5.69 Å². The number of hydrogen-bond acceptors (Lipinski definition) is 6. The van der Waals surface area contributed by atoms with Crippen LogP contribution in [0.3, 0.4) is 0 Å². The highest BCUT2D eigenvalue weighted by Gasteiger charge is 2.38. The second-order valence-corrected chi connectivity index (χ2v) is 6.79. The largest absolute Gasteiger partial charge is 0.497 e. The zero-order valence-corrected chi connectivity index (χ0v) is 16.4. The minimum Gasteiger partial charge on any atom is -0.497 e. The quantitative estimate of drug-likeness (QED) is 0.725. The van der Waals surface area contributed by atoms with Crippen LogP contribution < -0.4 is 19.5 Å². The first kappa shape index (κ1) is 18.9. The summed E-state index contributed by atoms with van der Waals surface area (Å²) >= 11 is 0. The van der Waals surface area contributed by atoms with E-state index in [1.807, 2.05) is 6.92 Å². The molecule has 4 rings (SSSR count). The Balaban J connectivity index is 1.72. The fourth-order valence-electron chi connectivity index (χ4n) is 3.36. The average Bonchev–Trinajstić information content (AvgIpc) is 3.29. The molecule has 0 fully saturated rings. The summed E-state index contributed by atoms with van der Waals surface area (Å²) in [5.41, 5.74) is 1.92. The molecule has 1 N–H and O–H groups in total. The van der Waals surface area contributed by atoms with E-state index >= 15 is 0 Å². The number of fused-ring (bicyclic) bond motifs is 1. The van der Waals surface area contributed by atoms with Gasteiger partial charge in [-0.2, -0.15) is 0 Å². The van der Waals surface area contributed by atoms with Gasteiger partial charge in [-0.05, 0) is 36.2 Å². The smallest absolute Gasteiger partial charge is 0.278 e. The van der Waals surface area contributed by atoms with E-state index in [-0.39, 0.29) is 24.3 Å². The Hall–Kier alpha value is -3.48. The molecule has 0 aromatic heterocycles. The van der Waals surface area contributed by atoms with Crippen LogP contribution in [0, 0.1) is 0 Å². The first-order valence-electron chi connectivity index (χ1n) is 9.54. The minimum absolute atomic E-state index is 0.167. The second kappa shape index (κ2) is 7.87. The van der Waals surface area contributed by atoms with Crippen molar-refractivity contribution >= 4 is 23.1 Å². The Morgan fingerprint density at radius 3 is 2.52 bits per heavy atom. The number of nitrogens with zero attached hydrogens (tertiary/aromatic N) is 1. The number of hydrogen-bond donors (Lipinski definition) is 1. The highest BCUT2D eigenvalue weighted by Crippen LogP contribution is 2.36. The number of rotatable bonds is 7. The molecule has 2 aromatic rings. The molecule has 7 nitrogen and oxygen atoms in total. The van der Waals surface area contributed by atoms with Crippen molar-refractivity contribution in [2.75, 3.05) is 25.8 Å². The third-order valence-corrected chi connectivity index (χ3v) is 4.92. The summed E-state index contributed by atoms with van der Waals surface area (Å²) in [6.07, 6.45) is 1.64. The number of amides is 2. The van der Waals surface area contributed by atoms with Gasteiger partial charge in [-0.3, -0.25) is 14.5 Å². The van der Waals surface area contributed by atoms with Gasteiger partial charge in [0.15, 0.2) is 11.5 Å². The van der Waals surface area contributed by atoms with E-state index in [4.69, 9.17) is 14.2 Å². The SMILES string of the molecule is CCCCN1C(=O)C(Nc2ccc3c(c2)OCO3)=C(c2ccc(OC)cc2)C1=O. The Labute approximate surface area is 168 Å². The number of ether oxygens (including phenoxy) is 3. The standard InChI is InChI=1S/C22H22N2O5/c1-3-4-11-24-21(25)19(14-5-8-16(27-2)9-6-14)20(22(24)26)23-15-7-10-17-18(12-15)29-13-28-17/h5-10,12,23H,3-4,11,13H2,1-2H3. The third kappa shape index (κ3) is 3.51. The van der Waals surface area contributed by atoms with Crippen molar-refractivity contribution in [2.45, 2.75) is 19.8 Å². The van der Waals surface area contributed by atoms with Crippen molar-refractivity contribution in [2.24, 2.45) is 0 Å². The molecule has 2 aromatic carbocycles. The molecule has 0 radical (unpaired) electrons. The maximum Gasteiger partial charge on any atom is 0.278 e. The van der Waals surface area contributed by atoms with Crippen LogP contribution in [-0.2, 0) is 9.59 Å². The van der Waals surface area contributed by atoms with Crippen molar-refractivity contribution in [3.63, 3.8) is 0 Å². The minimum atomic E-state index is -0.327. The molecule has 0 saturated heterocycles. The fraction of sp³-hybridized carbons (Fsp3) is 0.273. The van der Waals surface area contributed by atoms with Gasteiger partial charge in [0.1, 0.15) is 11.4 Å². The number of benzene rings is 2. The van der Waals surface area contributed by atoms with Crippen molar-refractivity contribution in [3.8, 4) is 17.2 Å². The Bertz CT molecular complexity index is 981. The van der Waals surface area contributed by atoms with Crippen LogP contribution in [0.1, 0.15) is 25.3 Å². The van der Waals surface area contributed by atoms with E-state index in [1.165, 1.54) is 4.90 Å². The van der Waals surface area contributed by atoms with Crippen LogP contribution in [0.15, 0.2) is 48.2 Å². The van der Waals surface area contributed by atoms with E-state index in [0.717, 1.165) is 12.8 Å². The lowest BCUT2D eigenvalue weighted by molar-refractivity contribution is -0.136. The monoisotopic (exact) mass is 394 g/mol. The Morgan fingerprint density at radius 1 is 1.03 bits per heavy atom. The molecule has 2 aliphatic rings. The topological polar surface area (TPSA) is 77.1 Å². The summed E-state index contributed by atoms with van der Waals surface area (Å²) < 4.78 is 15.9. The van der Waals surface area contributed by atoms with Crippen molar-refractivity contribution < 1.29 is 23.8 Å². The maximum absolute atomic E-state index is 13.1. The number of imide groups is 1. The number of carbonyl (C=O) groups is 2. The average molecular weight is 394 g/mol. The van der Waals surface area contributed by atoms with Gasteiger partial charge in [0.25, 0.3) is 11.8 Å². The summed E-state index contributed by atoms with van der Waals surface area (Å²) in [6.45, 7) is 2.58. The van der Waals surface area contributed by atoms with Gasteiger partial charge < -0.3 is 19.5 Å². The zero-order chi connectivity index (χ0) is 20.4. The number of methoxy groups -OCH3 is 1. The van der Waals surface area contributed by atoms with Gasteiger partial charge in [0, 0.05) is 18.3 Å². The number of nitrogens with one attached hydrogen (secondary N) is 1. The summed E-state index contributed by atoms with van der Waals surface area (Å²) in [7, 11) is 1.58. The molecule has 7 heteroatoms. The number of unbranched alkanes of at least 4 members (excludes halogenated alkanes) is 1. The number of anilines is 1. The molecule has 0 saturated carbocycles. The van der Waals surface area contributed by atoms with Crippen LogP contribution in [0.25, 0.3) is 5.57 Å². The van der Waals surface area contributed by atoms with Gasteiger partial charge in [0.05, 0.1) is 12.7 Å². The van der Waals surface area contributed by atoms with Crippen molar-refractivity contribution in [1.82, 2.24) is 4.90 Å². The van der Waals surface area contributed by atoms with E-state index in [9.17, 15) is 9.59 Å². The molecular weight excluding hydrogens is 372 g/mol. The first-order valence-corrected chi connectivity index (χ1v) is 9.54. The molecule has 2 amide bonds. The third-order valence-electron chi connectivity index (χ3n) is 4.92. The molecular formula is C22H22N2O5. The van der Waals surface area contributed by atoms with Crippen molar-refractivity contribution in [3.05, 3.63) is 53.7 Å². The summed E-state index contributed by atoms with van der Waals surface area (Å²) in [6, 6.07) is 12.4. The highest BCUT2D eigenvalue weighted by molar-refractivity contribution is 6.36. The van der Waals surface area contributed by atoms with Crippen LogP contribution >= 0.6 is 0 Å². The van der Waals surface area contributed by atoms with Crippen LogP contribution in [0.5, 0.6) is 17.2 Å². The predicted octanol–water partition coefficient (Wildman–Crippen LogP) is 3.42. The molecule has 0 atom stereocenters. The van der Waals surface area contributed by atoms with Crippen LogP contribution in [-0.4, -0.2) is 37.2 Å². The first-order chi connectivity index (χ1) is 14.1. The Kier molecular flexibility index (Phi) is 5.12. The maximum atomic E-state index is 13.1. The van der Waals surface area contributed by atoms with E-state index in [2.05, 4.69) is 5.32 Å². The zero-order valence-electron chi connectivity index (χ0n) is 16.4. The molecule has 0 bridgehead atoms. The number of carbonyl (C=O) groups excluding carboxylic acids is 2. The second-order valence-electron chi connectivity index (χ2n) is 6.79. The summed E-state index contributed by atoms with van der Waals surface area (Å²) in [4.78, 5) is 27.5. The lowest BCUT2D eigenvalue weighted by Crippen LogP contribution is -2.33. The van der Waals surface area contributed by atoms with Gasteiger partial charge in [-0.15, -0.1) is 0 Å². The molecule has 2 heterocycles. The molecule has 0 unspecified atom stereocenters. The molecule has 29 heavy (non-hydrogen) atoms. The molecule has 2 aliphatic heterocycles.